The van der Waals surface area contributed by atoms with E-state index in [1.54, 1.807) is 0 Å². The maximum absolute atomic E-state index is 11.9. The van der Waals surface area contributed by atoms with E-state index in [-0.39, 0.29) is 5.97 Å². The molecule has 3 rings (SSSR count). The van der Waals surface area contributed by atoms with Gasteiger partial charge in [0, 0.05) is 19.3 Å². The lowest BCUT2D eigenvalue weighted by Gasteiger charge is -2.35. The summed E-state index contributed by atoms with van der Waals surface area (Å²) in [5.41, 5.74) is 0. The molecule has 0 radical (unpaired) electrons. The number of hydrogen-bond acceptors (Lipinski definition) is 4. The molecule has 4 atom stereocenters. The van der Waals surface area contributed by atoms with Gasteiger partial charge in [-0.3, -0.25) is 20.0 Å². The zero-order valence-corrected chi connectivity index (χ0v) is 22.4. The minimum absolute atomic E-state index is 0.00215. The van der Waals surface area contributed by atoms with Crippen LogP contribution in [0.25, 0.3) is 0 Å². The Balaban J connectivity index is 0.000000830. The van der Waals surface area contributed by atoms with Crippen molar-refractivity contribution in [1.82, 2.24) is 10.6 Å². The predicted octanol–water partition coefficient (Wildman–Crippen LogP) is 6.56. The monoisotopic (exact) mass is 521 g/mol. The highest BCUT2D eigenvalue weighted by Crippen LogP contribution is 2.31. The largest absolute Gasteiger partial charge is 0.673 e. The van der Waals surface area contributed by atoms with Crippen molar-refractivity contribution in [3.8, 4) is 0 Å². The topological polar surface area (TPSA) is 53.4 Å². The lowest BCUT2D eigenvalue weighted by molar-refractivity contribution is -0.593. The maximum atomic E-state index is 11.9. The number of guanidine groups is 1. The summed E-state index contributed by atoms with van der Waals surface area (Å²) in [6, 6.07) is 2.60. The van der Waals surface area contributed by atoms with E-state index >= 15 is 0 Å². The Morgan fingerprint density at radius 1 is 0.889 bits per heavy atom. The first-order chi connectivity index (χ1) is 17.2. The molecule has 0 aromatic carbocycles. The second kappa shape index (κ2) is 16.4. The molecule has 3 aliphatic heterocycles. The number of hydrogen-bond donors (Lipinski definition) is 2. The van der Waals surface area contributed by atoms with Crippen LogP contribution in [0.1, 0.15) is 123 Å². The van der Waals surface area contributed by atoms with Crippen molar-refractivity contribution in [1.29, 1.82) is 0 Å². The molecular formula is C26H48BF4N3O2. The summed E-state index contributed by atoms with van der Waals surface area (Å²) in [5.74, 6) is 1.29. The van der Waals surface area contributed by atoms with Crippen LogP contribution in [0.3, 0.4) is 0 Å². The molecule has 0 amide bonds. The standard InChI is InChI=1S/C26H47N3O2.BF4/c1-3-4-5-6-7-8-9-10-11-15-25(30)31-18-13-12-14-22-20-24-17-16-23-19-21(2)27-26(28-22)29(23)24;2-1(3,4)5/h21-24H,3-20H2,1-2H3,(H,27,28);/q;-1/p+1/t21-,22+,23+,24-;/m1./s1. The minimum atomic E-state index is -6.00. The van der Waals surface area contributed by atoms with E-state index in [1.165, 1.54) is 89.4 Å². The number of carbonyl (C=O) groups is 1. The Bertz CT molecular complexity index is 672. The zero-order chi connectivity index (χ0) is 26.4. The summed E-state index contributed by atoms with van der Waals surface area (Å²) in [5, 5.41) is 7.44. The average molecular weight is 521 g/mol. The van der Waals surface area contributed by atoms with Gasteiger partial charge in [-0.2, -0.15) is 0 Å². The molecule has 0 unspecified atom stereocenters. The van der Waals surface area contributed by atoms with Gasteiger partial charge in [0.05, 0.1) is 30.8 Å². The van der Waals surface area contributed by atoms with Crippen molar-refractivity contribution in [2.75, 3.05) is 6.61 Å². The van der Waals surface area contributed by atoms with Crippen molar-refractivity contribution in [3.63, 3.8) is 0 Å². The minimum Gasteiger partial charge on any atom is -0.466 e. The number of unbranched alkanes of at least 4 members (excludes halogenated alkanes) is 9. The van der Waals surface area contributed by atoms with Gasteiger partial charge in [-0.05, 0) is 45.4 Å². The van der Waals surface area contributed by atoms with E-state index in [1.807, 2.05) is 0 Å². The fraction of sp³-hybridized carbons (Fsp3) is 0.923. The molecule has 1 fully saturated rings. The number of esters is 1. The first-order valence-corrected chi connectivity index (χ1v) is 14.4. The van der Waals surface area contributed by atoms with Crippen molar-refractivity contribution >= 4 is 19.2 Å². The van der Waals surface area contributed by atoms with Crippen LogP contribution in [0.5, 0.6) is 0 Å². The Kier molecular flexibility index (Phi) is 14.0. The van der Waals surface area contributed by atoms with Gasteiger partial charge in [0.25, 0.3) is 0 Å². The molecule has 2 N–H and O–H groups in total. The smallest absolute Gasteiger partial charge is 0.466 e. The molecule has 36 heavy (non-hydrogen) atoms. The van der Waals surface area contributed by atoms with Crippen LogP contribution < -0.4 is 10.6 Å². The van der Waals surface area contributed by atoms with Gasteiger partial charge in [-0.1, -0.05) is 58.3 Å². The van der Waals surface area contributed by atoms with E-state index in [0.717, 1.165) is 31.3 Å². The summed E-state index contributed by atoms with van der Waals surface area (Å²) in [7, 11) is -6.00. The van der Waals surface area contributed by atoms with Gasteiger partial charge in [0.2, 0.25) is 0 Å². The van der Waals surface area contributed by atoms with Crippen LogP contribution in [-0.4, -0.2) is 54.5 Å². The first kappa shape index (κ1) is 30.7. The molecule has 1 saturated heterocycles. The Morgan fingerprint density at radius 3 is 2.11 bits per heavy atom. The summed E-state index contributed by atoms with van der Waals surface area (Å²) < 4.78 is 47.1. The van der Waals surface area contributed by atoms with E-state index in [9.17, 15) is 22.1 Å². The molecule has 0 aromatic rings. The lowest BCUT2D eigenvalue weighted by Crippen LogP contribution is -2.62. The number of carbonyl (C=O) groups excluding carboxylic acids is 1. The van der Waals surface area contributed by atoms with Gasteiger partial charge in [-0.15, -0.1) is 0 Å². The molecular weight excluding hydrogens is 473 g/mol. The van der Waals surface area contributed by atoms with Crippen molar-refractivity contribution in [2.24, 2.45) is 0 Å². The second-order valence-corrected chi connectivity index (χ2v) is 10.8. The fourth-order valence-electron chi connectivity index (χ4n) is 5.78. The summed E-state index contributed by atoms with van der Waals surface area (Å²) in [6.07, 6.45) is 20.7. The Hall–Kier alpha value is -1.48. The maximum Gasteiger partial charge on any atom is 0.673 e. The number of rotatable bonds is 15. The van der Waals surface area contributed by atoms with Crippen LogP contribution in [0.2, 0.25) is 0 Å². The molecule has 5 nitrogen and oxygen atoms in total. The van der Waals surface area contributed by atoms with Crippen molar-refractivity contribution < 1.29 is 31.4 Å². The number of nitrogens with zero attached hydrogens (tertiary/aromatic N) is 1. The SMILES string of the molecule is CCCCCCCCCCCC(=O)OCCCC[C@H]1C[C@H]2CC[C@H]3C[C@@H](C)NC(=[N+]23)N1.F[B-](F)(F)F. The first-order valence-electron chi connectivity index (χ1n) is 14.4. The highest BCUT2D eigenvalue weighted by atomic mass is 19.5. The molecule has 210 valence electrons. The molecule has 10 heteroatoms. The molecule has 0 aliphatic carbocycles. The third-order valence-corrected chi connectivity index (χ3v) is 7.48. The predicted molar refractivity (Wildman–Crippen MR) is 138 cm³/mol. The molecule has 3 aliphatic rings. The van der Waals surface area contributed by atoms with Gasteiger partial charge in [0.15, 0.2) is 0 Å². The lowest BCUT2D eigenvalue weighted by atomic mass is 9.99. The quantitative estimate of drug-likeness (QED) is 0.0842. The van der Waals surface area contributed by atoms with Crippen molar-refractivity contribution in [2.45, 2.75) is 147 Å². The molecule has 0 aromatic heterocycles. The number of halogens is 4. The zero-order valence-electron chi connectivity index (χ0n) is 22.4. The normalized spacial score (nSPS) is 24.8. The summed E-state index contributed by atoms with van der Waals surface area (Å²) in [6.45, 7) is 5.15. The Labute approximate surface area is 215 Å². The van der Waals surface area contributed by atoms with Gasteiger partial charge in [-0.25, -0.2) is 0 Å². The van der Waals surface area contributed by atoms with Gasteiger partial charge in [0.1, 0.15) is 0 Å². The summed E-state index contributed by atoms with van der Waals surface area (Å²) >= 11 is 0. The molecule has 0 spiro atoms. The van der Waals surface area contributed by atoms with Gasteiger partial charge >= 0.3 is 19.2 Å². The van der Waals surface area contributed by atoms with Crippen LogP contribution in [0, 0.1) is 0 Å². The third kappa shape index (κ3) is 12.7. The molecule has 3 heterocycles. The van der Waals surface area contributed by atoms with Crippen LogP contribution in [0.4, 0.5) is 17.3 Å². The van der Waals surface area contributed by atoms with Gasteiger partial charge < -0.3 is 22.0 Å². The molecule has 0 bridgehead atoms. The molecule has 0 saturated carbocycles. The average Bonchev–Trinajstić information content (AvgIpc) is 3.20. The van der Waals surface area contributed by atoms with Crippen molar-refractivity contribution in [3.05, 3.63) is 0 Å². The number of ether oxygens (including phenoxy) is 1. The highest BCUT2D eigenvalue weighted by molar-refractivity contribution is 6.50. The second-order valence-electron chi connectivity index (χ2n) is 10.8. The van der Waals surface area contributed by atoms with Crippen LogP contribution in [-0.2, 0) is 9.53 Å². The highest BCUT2D eigenvalue weighted by Gasteiger charge is 2.44. The van der Waals surface area contributed by atoms with E-state index in [2.05, 4.69) is 29.1 Å². The number of nitrogens with one attached hydrogen (secondary N) is 2. The fourth-order valence-corrected chi connectivity index (χ4v) is 5.78. The van der Waals surface area contributed by atoms with Crippen LogP contribution >= 0.6 is 0 Å². The third-order valence-electron chi connectivity index (χ3n) is 7.48. The van der Waals surface area contributed by atoms with E-state index < -0.39 is 7.25 Å². The summed E-state index contributed by atoms with van der Waals surface area (Å²) in [4.78, 5) is 11.9. The van der Waals surface area contributed by atoms with E-state index in [0.29, 0.717) is 25.1 Å². The Morgan fingerprint density at radius 2 is 1.47 bits per heavy atom. The van der Waals surface area contributed by atoms with E-state index in [4.69, 9.17) is 4.74 Å². The van der Waals surface area contributed by atoms with Crippen LogP contribution in [0.15, 0.2) is 0 Å².